The molecule has 0 saturated carbocycles. The molecule has 6 rings (SSSR count). The first-order valence-electron chi connectivity index (χ1n) is 15.2. The number of aromatic nitrogens is 2. The molecule has 0 bridgehead atoms. The third-order valence-corrected chi connectivity index (χ3v) is 8.26. The maximum absolute atomic E-state index is 13.0. The Balaban J connectivity index is 1.26. The highest BCUT2D eigenvalue weighted by Gasteiger charge is 2.42. The summed E-state index contributed by atoms with van der Waals surface area (Å²) in [5.74, 6) is 1.14. The number of aliphatic hydroxyl groups is 1. The van der Waals surface area contributed by atoms with Crippen LogP contribution in [0.15, 0.2) is 126 Å². The van der Waals surface area contributed by atoms with Crippen molar-refractivity contribution < 1.29 is 28.8 Å². The van der Waals surface area contributed by atoms with Crippen LogP contribution in [0.1, 0.15) is 39.7 Å². The van der Waals surface area contributed by atoms with E-state index in [9.17, 15) is 14.7 Å². The van der Waals surface area contributed by atoms with Gasteiger partial charge in [-0.05, 0) is 59.2 Å². The van der Waals surface area contributed by atoms with Gasteiger partial charge in [-0.1, -0.05) is 72.8 Å². The van der Waals surface area contributed by atoms with Gasteiger partial charge in [-0.15, -0.1) is 0 Å². The zero-order valence-electron chi connectivity index (χ0n) is 26.0. The number of carbonyl (C=O) groups excluding carboxylic acids is 1. The number of aliphatic hydroxyl groups excluding tert-OH is 1. The van der Waals surface area contributed by atoms with E-state index in [0.717, 1.165) is 16.7 Å². The number of benzene rings is 4. The summed E-state index contributed by atoms with van der Waals surface area (Å²) in [7, 11) is 3.23. The molecule has 4 aromatic carbocycles. The lowest BCUT2D eigenvalue weighted by molar-refractivity contribution is -0.0944. The Kier molecular flexibility index (Phi) is 9.44. The number of nitrogens with one attached hydrogen (secondary N) is 1. The minimum Gasteiger partial charge on any atom is -0.497 e. The van der Waals surface area contributed by atoms with E-state index in [-0.39, 0.29) is 24.8 Å². The second-order valence-corrected chi connectivity index (χ2v) is 11.1. The van der Waals surface area contributed by atoms with Gasteiger partial charge in [-0.2, -0.15) is 4.98 Å². The third kappa shape index (κ3) is 6.66. The lowest BCUT2D eigenvalue weighted by atomic mass is 9.80. The Hall–Kier alpha value is -5.29. The zero-order chi connectivity index (χ0) is 32.8. The van der Waals surface area contributed by atoms with Crippen LogP contribution in [0.2, 0.25) is 0 Å². The van der Waals surface area contributed by atoms with Gasteiger partial charge in [0.15, 0.2) is 0 Å². The first-order valence-corrected chi connectivity index (χ1v) is 15.2. The van der Waals surface area contributed by atoms with E-state index < -0.39 is 29.7 Å². The summed E-state index contributed by atoms with van der Waals surface area (Å²) in [5.41, 5.74) is 1.27. The number of rotatable bonds is 11. The fourth-order valence-electron chi connectivity index (χ4n) is 5.80. The van der Waals surface area contributed by atoms with Gasteiger partial charge in [0, 0.05) is 18.2 Å². The minimum absolute atomic E-state index is 0.00197. The largest absolute Gasteiger partial charge is 0.497 e. The summed E-state index contributed by atoms with van der Waals surface area (Å²) in [6.07, 6.45) is -0.826. The highest BCUT2D eigenvalue weighted by atomic mass is 16.6. The predicted octanol–water partition coefficient (Wildman–Crippen LogP) is 5.17. The lowest BCUT2D eigenvalue weighted by Gasteiger charge is -2.37. The average Bonchev–Trinajstić information content (AvgIpc) is 3.49. The predicted molar refractivity (Wildman–Crippen MR) is 176 cm³/mol. The molecule has 1 aliphatic heterocycles. The number of methoxy groups -OCH3 is 2. The van der Waals surface area contributed by atoms with E-state index in [4.69, 9.17) is 18.9 Å². The van der Waals surface area contributed by atoms with Crippen molar-refractivity contribution in [3.8, 4) is 11.5 Å². The number of hydrogen-bond donors (Lipinski definition) is 2. The van der Waals surface area contributed by atoms with Gasteiger partial charge in [0.05, 0.1) is 26.9 Å². The number of amides is 1. The molecule has 0 aliphatic carbocycles. The standard InChI is InChI=1S/C37H35N3O7/c1-44-29-17-13-27(14-18-29)37(26-11-7-4-8-12-26,28-15-19-30(45-2)20-16-28)46-24-32-31(41)23-34(47-32)40-22-21-33(39-36(40)43)38-35(42)25-9-5-3-6-10-25/h3-22,31-32,34,41H,23-24H2,1-2H3,(H,38,39,42,43)/t31-,32-,34-/m0/s1. The zero-order valence-corrected chi connectivity index (χ0v) is 26.0. The van der Waals surface area contributed by atoms with E-state index in [0.29, 0.717) is 17.1 Å². The number of ether oxygens (including phenoxy) is 4. The van der Waals surface area contributed by atoms with Crippen LogP contribution in [0.3, 0.4) is 0 Å². The van der Waals surface area contributed by atoms with Crippen molar-refractivity contribution >= 4 is 11.7 Å². The number of anilines is 1. The van der Waals surface area contributed by atoms with E-state index in [1.54, 1.807) is 38.5 Å². The summed E-state index contributed by atoms with van der Waals surface area (Å²) in [6, 6.07) is 35.3. The Bertz CT molecular complexity index is 1800. The topological polar surface area (TPSA) is 121 Å². The van der Waals surface area contributed by atoms with Crippen LogP contribution in [0.4, 0.5) is 5.82 Å². The first kappa shape index (κ1) is 31.7. The summed E-state index contributed by atoms with van der Waals surface area (Å²) in [4.78, 5) is 29.6. The Morgan fingerprint density at radius 2 is 1.40 bits per heavy atom. The van der Waals surface area contributed by atoms with Gasteiger partial charge in [-0.3, -0.25) is 9.36 Å². The maximum atomic E-state index is 13.0. The molecule has 1 saturated heterocycles. The minimum atomic E-state index is -1.10. The van der Waals surface area contributed by atoms with Gasteiger partial charge in [-0.25, -0.2) is 4.79 Å². The van der Waals surface area contributed by atoms with Crippen LogP contribution >= 0.6 is 0 Å². The molecule has 47 heavy (non-hydrogen) atoms. The van der Waals surface area contributed by atoms with E-state index in [1.807, 2.05) is 84.9 Å². The smallest absolute Gasteiger partial charge is 0.351 e. The van der Waals surface area contributed by atoms with E-state index >= 15 is 0 Å². The van der Waals surface area contributed by atoms with Crippen molar-refractivity contribution in [2.45, 2.75) is 30.5 Å². The third-order valence-electron chi connectivity index (χ3n) is 8.26. The molecule has 10 nitrogen and oxygen atoms in total. The van der Waals surface area contributed by atoms with Crippen molar-refractivity contribution in [2.24, 2.45) is 0 Å². The monoisotopic (exact) mass is 633 g/mol. The van der Waals surface area contributed by atoms with Crippen LogP contribution in [-0.2, 0) is 15.1 Å². The number of carbonyl (C=O) groups is 1. The fourth-order valence-corrected chi connectivity index (χ4v) is 5.80. The highest BCUT2D eigenvalue weighted by Crippen LogP contribution is 2.42. The quantitative estimate of drug-likeness (QED) is 0.191. The van der Waals surface area contributed by atoms with Gasteiger partial charge >= 0.3 is 5.69 Å². The molecule has 10 heteroatoms. The molecule has 0 unspecified atom stereocenters. The SMILES string of the molecule is COc1ccc(C(OC[C@@H]2O[C@H](n3ccc(NC(=O)c4ccccc4)nc3=O)C[C@@H]2O)(c2ccccc2)c2ccc(OC)cc2)cc1. The molecule has 5 aromatic rings. The normalized spacial score (nSPS) is 17.6. The molecule has 0 radical (unpaired) electrons. The van der Waals surface area contributed by atoms with Gasteiger partial charge in [0.25, 0.3) is 5.91 Å². The van der Waals surface area contributed by atoms with Crippen LogP contribution in [-0.4, -0.2) is 53.6 Å². The summed E-state index contributed by atoms with van der Waals surface area (Å²) >= 11 is 0. The number of hydrogen-bond acceptors (Lipinski definition) is 8. The fraction of sp³-hybridized carbons (Fsp3) is 0.216. The second-order valence-electron chi connectivity index (χ2n) is 11.1. The maximum Gasteiger partial charge on any atom is 0.351 e. The van der Waals surface area contributed by atoms with Crippen LogP contribution in [0.25, 0.3) is 0 Å². The molecule has 1 amide bonds. The van der Waals surface area contributed by atoms with Crippen molar-refractivity contribution in [1.82, 2.24) is 9.55 Å². The molecule has 2 N–H and O–H groups in total. The molecule has 2 heterocycles. The highest BCUT2D eigenvalue weighted by molar-refractivity contribution is 6.03. The van der Waals surface area contributed by atoms with Gasteiger partial charge in [0.1, 0.15) is 35.2 Å². The van der Waals surface area contributed by atoms with Crippen LogP contribution in [0.5, 0.6) is 11.5 Å². The van der Waals surface area contributed by atoms with Crippen molar-refractivity contribution in [3.63, 3.8) is 0 Å². The number of nitrogens with zero attached hydrogens (tertiary/aromatic N) is 2. The van der Waals surface area contributed by atoms with Crippen LogP contribution in [0, 0.1) is 0 Å². The molecule has 1 aliphatic rings. The summed E-state index contributed by atoms with van der Waals surface area (Å²) in [5, 5.41) is 13.8. The molecule has 1 fully saturated rings. The first-order chi connectivity index (χ1) is 22.9. The Morgan fingerprint density at radius 1 is 0.851 bits per heavy atom. The van der Waals surface area contributed by atoms with Crippen molar-refractivity contribution in [1.29, 1.82) is 0 Å². The Morgan fingerprint density at radius 3 is 1.96 bits per heavy atom. The summed E-state index contributed by atoms with van der Waals surface area (Å²) < 4.78 is 25.3. The lowest BCUT2D eigenvalue weighted by Crippen LogP contribution is -2.38. The van der Waals surface area contributed by atoms with Gasteiger partial charge in [0.2, 0.25) is 0 Å². The van der Waals surface area contributed by atoms with Gasteiger partial charge < -0.3 is 29.4 Å². The molecule has 1 aromatic heterocycles. The molecule has 3 atom stereocenters. The van der Waals surface area contributed by atoms with E-state index in [1.165, 1.54) is 16.8 Å². The second kappa shape index (κ2) is 14.0. The Labute approximate surface area is 272 Å². The molecule has 0 spiro atoms. The van der Waals surface area contributed by atoms with E-state index in [2.05, 4.69) is 10.3 Å². The summed E-state index contributed by atoms with van der Waals surface area (Å²) in [6.45, 7) is -0.00197. The molecule has 240 valence electrons. The van der Waals surface area contributed by atoms with Crippen molar-refractivity contribution in [2.75, 3.05) is 26.1 Å². The molecular weight excluding hydrogens is 598 g/mol. The van der Waals surface area contributed by atoms with Crippen LogP contribution < -0.4 is 20.5 Å². The molecular formula is C37H35N3O7. The van der Waals surface area contributed by atoms with Crippen molar-refractivity contribution in [3.05, 3.63) is 154 Å². The average molecular weight is 634 g/mol.